The Morgan fingerprint density at radius 3 is 2.42 bits per heavy atom. The van der Waals surface area contributed by atoms with Gasteiger partial charge in [-0.2, -0.15) is 0 Å². The van der Waals surface area contributed by atoms with Crippen LogP contribution in [0, 0.1) is 6.92 Å². The molecule has 0 spiro atoms. The van der Waals surface area contributed by atoms with E-state index in [0.29, 0.717) is 35.9 Å². The van der Waals surface area contributed by atoms with Crippen LogP contribution >= 0.6 is 0 Å². The minimum absolute atomic E-state index is 0.229. The third-order valence-corrected chi connectivity index (χ3v) is 3.23. The molecular formula is C16H20N6O2. The van der Waals surface area contributed by atoms with Crippen molar-refractivity contribution < 1.29 is 9.59 Å². The van der Waals surface area contributed by atoms with Crippen LogP contribution in [0.15, 0.2) is 30.7 Å². The molecule has 8 nitrogen and oxygen atoms in total. The van der Waals surface area contributed by atoms with Crippen LogP contribution in [0.5, 0.6) is 0 Å². The van der Waals surface area contributed by atoms with E-state index in [2.05, 4.69) is 25.6 Å². The molecule has 0 unspecified atom stereocenters. The Kier molecular flexibility index (Phi) is 5.78. The van der Waals surface area contributed by atoms with Crippen LogP contribution in [0.3, 0.4) is 0 Å². The van der Waals surface area contributed by atoms with E-state index in [9.17, 15) is 9.59 Å². The van der Waals surface area contributed by atoms with Crippen molar-refractivity contribution in [1.29, 1.82) is 0 Å². The molecule has 0 bridgehead atoms. The van der Waals surface area contributed by atoms with E-state index in [4.69, 9.17) is 0 Å². The quantitative estimate of drug-likeness (QED) is 0.745. The van der Waals surface area contributed by atoms with Crippen LogP contribution < -0.4 is 15.5 Å². The van der Waals surface area contributed by atoms with Gasteiger partial charge in [0.25, 0.3) is 11.8 Å². The topological polar surface area (TPSA) is 100 Å². The number of nitrogens with one attached hydrogen (secondary N) is 2. The average molecular weight is 328 g/mol. The lowest BCUT2D eigenvalue weighted by molar-refractivity contribution is 0.0926. The van der Waals surface area contributed by atoms with E-state index in [1.165, 1.54) is 12.4 Å². The molecule has 0 fully saturated rings. The zero-order valence-corrected chi connectivity index (χ0v) is 13.9. The van der Waals surface area contributed by atoms with Gasteiger partial charge in [-0.25, -0.2) is 9.97 Å². The molecule has 2 rings (SSSR count). The first-order chi connectivity index (χ1) is 11.5. The molecule has 0 aliphatic rings. The van der Waals surface area contributed by atoms with Crippen molar-refractivity contribution in [3.63, 3.8) is 0 Å². The molecule has 0 aliphatic heterocycles. The van der Waals surface area contributed by atoms with Crippen molar-refractivity contribution in [2.45, 2.75) is 6.92 Å². The van der Waals surface area contributed by atoms with E-state index in [-0.39, 0.29) is 11.8 Å². The second-order valence-corrected chi connectivity index (χ2v) is 5.32. The summed E-state index contributed by atoms with van der Waals surface area (Å²) in [6.45, 7) is 2.38. The van der Waals surface area contributed by atoms with Crippen LogP contribution in [0.2, 0.25) is 0 Å². The SMILES string of the molecule is Cc1nc(N(C)C)ncc1C(=O)NCCNC(=O)c1cccnc1. The summed E-state index contributed by atoms with van der Waals surface area (Å²) in [6, 6.07) is 3.37. The fourth-order valence-corrected chi connectivity index (χ4v) is 1.94. The van der Waals surface area contributed by atoms with Gasteiger partial charge in [0.2, 0.25) is 5.95 Å². The molecule has 0 aromatic carbocycles. The molecule has 126 valence electrons. The lowest BCUT2D eigenvalue weighted by Crippen LogP contribution is -2.35. The fraction of sp³-hybridized carbons (Fsp3) is 0.312. The Balaban J connectivity index is 1.82. The molecule has 2 amide bonds. The summed E-state index contributed by atoms with van der Waals surface area (Å²) in [6.07, 6.45) is 4.59. The molecule has 8 heteroatoms. The Labute approximate surface area is 140 Å². The smallest absolute Gasteiger partial charge is 0.254 e. The molecule has 24 heavy (non-hydrogen) atoms. The summed E-state index contributed by atoms with van der Waals surface area (Å²) in [4.78, 5) is 38.0. The van der Waals surface area contributed by atoms with Crippen molar-refractivity contribution in [2.75, 3.05) is 32.1 Å². The van der Waals surface area contributed by atoms with Gasteiger partial charge in [0, 0.05) is 45.8 Å². The Hall–Kier alpha value is -3.03. The fourth-order valence-electron chi connectivity index (χ4n) is 1.94. The summed E-state index contributed by atoms with van der Waals surface area (Å²) in [5, 5.41) is 5.45. The molecule has 0 aliphatic carbocycles. The van der Waals surface area contributed by atoms with Crippen LogP contribution in [-0.2, 0) is 0 Å². The highest BCUT2D eigenvalue weighted by Gasteiger charge is 2.12. The number of hydrogen-bond acceptors (Lipinski definition) is 6. The van der Waals surface area contributed by atoms with Crippen molar-refractivity contribution in [3.8, 4) is 0 Å². The van der Waals surface area contributed by atoms with E-state index < -0.39 is 0 Å². The number of carbonyl (C=O) groups excluding carboxylic acids is 2. The number of hydrogen-bond donors (Lipinski definition) is 2. The van der Waals surface area contributed by atoms with Crippen molar-refractivity contribution in [1.82, 2.24) is 25.6 Å². The van der Waals surface area contributed by atoms with Gasteiger partial charge in [0.15, 0.2) is 0 Å². The molecule has 2 N–H and O–H groups in total. The number of rotatable bonds is 6. The van der Waals surface area contributed by atoms with Crippen molar-refractivity contribution in [2.24, 2.45) is 0 Å². The predicted octanol–water partition coefficient (Wildman–Crippen LogP) is 0.406. The molecular weight excluding hydrogens is 308 g/mol. The Bertz CT molecular complexity index is 718. The number of anilines is 1. The van der Waals surface area contributed by atoms with Gasteiger partial charge in [-0.3, -0.25) is 14.6 Å². The highest BCUT2D eigenvalue weighted by molar-refractivity contribution is 5.95. The van der Waals surface area contributed by atoms with E-state index in [0.717, 1.165) is 0 Å². The number of aryl methyl sites for hydroxylation is 1. The molecule has 2 heterocycles. The summed E-state index contributed by atoms with van der Waals surface area (Å²) in [5.41, 5.74) is 1.50. The highest BCUT2D eigenvalue weighted by atomic mass is 16.2. The van der Waals surface area contributed by atoms with E-state index in [1.54, 1.807) is 30.2 Å². The number of aromatic nitrogens is 3. The molecule has 0 saturated heterocycles. The van der Waals surface area contributed by atoms with Gasteiger partial charge in [0.05, 0.1) is 16.8 Å². The van der Waals surface area contributed by atoms with Crippen LogP contribution in [0.1, 0.15) is 26.4 Å². The minimum atomic E-state index is -0.270. The number of nitrogens with zero attached hydrogens (tertiary/aromatic N) is 4. The van der Waals surface area contributed by atoms with Gasteiger partial charge in [-0.15, -0.1) is 0 Å². The Morgan fingerprint density at radius 2 is 1.83 bits per heavy atom. The predicted molar refractivity (Wildman–Crippen MR) is 90.0 cm³/mol. The van der Waals surface area contributed by atoms with Gasteiger partial charge >= 0.3 is 0 Å². The maximum absolute atomic E-state index is 12.1. The highest BCUT2D eigenvalue weighted by Crippen LogP contribution is 2.08. The normalized spacial score (nSPS) is 10.1. The monoisotopic (exact) mass is 328 g/mol. The van der Waals surface area contributed by atoms with Crippen LogP contribution in [0.25, 0.3) is 0 Å². The first kappa shape index (κ1) is 17.3. The summed E-state index contributed by atoms with van der Waals surface area (Å²) >= 11 is 0. The van der Waals surface area contributed by atoms with Gasteiger partial charge in [-0.05, 0) is 19.1 Å². The number of carbonyl (C=O) groups is 2. The maximum Gasteiger partial charge on any atom is 0.254 e. The minimum Gasteiger partial charge on any atom is -0.350 e. The molecule has 0 atom stereocenters. The standard InChI is InChI=1S/C16H20N6O2/c1-11-13(10-20-16(21-11)22(2)3)15(24)19-8-7-18-14(23)12-5-4-6-17-9-12/h4-6,9-10H,7-8H2,1-3H3,(H,18,23)(H,19,24). The summed E-state index contributed by atoms with van der Waals surface area (Å²) < 4.78 is 0. The lowest BCUT2D eigenvalue weighted by Gasteiger charge is -2.12. The second-order valence-electron chi connectivity index (χ2n) is 5.32. The van der Waals surface area contributed by atoms with Crippen LogP contribution in [-0.4, -0.2) is 54.0 Å². The van der Waals surface area contributed by atoms with Gasteiger partial charge in [0.1, 0.15) is 0 Å². The molecule has 0 saturated carbocycles. The average Bonchev–Trinajstić information content (AvgIpc) is 2.58. The van der Waals surface area contributed by atoms with Gasteiger partial charge < -0.3 is 15.5 Å². The summed E-state index contributed by atoms with van der Waals surface area (Å²) in [5.74, 6) is 0.0495. The lowest BCUT2D eigenvalue weighted by atomic mass is 10.2. The van der Waals surface area contributed by atoms with Crippen LogP contribution in [0.4, 0.5) is 5.95 Å². The first-order valence-electron chi connectivity index (χ1n) is 7.46. The zero-order valence-electron chi connectivity index (χ0n) is 13.9. The molecule has 0 radical (unpaired) electrons. The third-order valence-electron chi connectivity index (χ3n) is 3.23. The number of pyridine rings is 1. The Morgan fingerprint density at radius 1 is 1.12 bits per heavy atom. The maximum atomic E-state index is 12.1. The molecule has 2 aromatic heterocycles. The molecule has 2 aromatic rings. The second kappa shape index (κ2) is 8.00. The first-order valence-corrected chi connectivity index (χ1v) is 7.46. The summed E-state index contributed by atoms with van der Waals surface area (Å²) in [7, 11) is 3.67. The third kappa shape index (κ3) is 4.48. The zero-order chi connectivity index (χ0) is 17.5. The van der Waals surface area contributed by atoms with Gasteiger partial charge in [-0.1, -0.05) is 0 Å². The largest absolute Gasteiger partial charge is 0.350 e. The van der Waals surface area contributed by atoms with Crippen molar-refractivity contribution in [3.05, 3.63) is 47.5 Å². The van der Waals surface area contributed by atoms with Crippen molar-refractivity contribution >= 4 is 17.8 Å². The van der Waals surface area contributed by atoms with E-state index >= 15 is 0 Å². The van der Waals surface area contributed by atoms with E-state index in [1.807, 2.05) is 14.1 Å². The number of amides is 2.